The standard InChI is InChI=1S/C22H30N4O5/c1-23-11-8-19(27)25(16-20(28)29)10-5-9-24(13-12-23)22(31)18-14-26(15-18)21(30)17-6-3-2-4-7-17/h2-4,6-7,18H,5,8-16H2,1H3,(H,28,29). The molecule has 3 rings (SSSR count). The molecule has 0 atom stereocenters. The Bertz CT molecular complexity index is 809. The molecule has 0 radical (unpaired) electrons. The van der Waals surface area contributed by atoms with Crippen LogP contribution < -0.4 is 0 Å². The lowest BCUT2D eigenvalue weighted by Gasteiger charge is -2.41. The SMILES string of the molecule is CN1CCC(=O)N(CC(=O)O)CCCN(C(=O)C2CN(C(=O)c3ccccc3)C2)CC1. The molecule has 0 aromatic heterocycles. The zero-order valence-electron chi connectivity index (χ0n) is 17.9. The van der Waals surface area contributed by atoms with Crippen molar-refractivity contribution in [1.82, 2.24) is 19.6 Å². The number of likely N-dealkylation sites (N-methyl/N-ethyl adjacent to an activating group) is 1. The van der Waals surface area contributed by atoms with E-state index in [2.05, 4.69) is 0 Å². The Balaban J connectivity index is 1.58. The Morgan fingerprint density at radius 2 is 1.68 bits per heavy atom. The van der Waals surface area contributed by atoms with Crippen LogP contribution in [0.3, 0.4) is 0 Å². The lowest BCUT2D eigenvalue weighted by molar-refractivity contribution is -0.144. The Kier molecular flexibility index (Phi) is 7.62. The molecule has 0 spiro atoms. The van der Waals surface area contributed by atoms with Gasteiger partial charge in [0.2, 0.25) is 11.8 Å². The fourth-order valence-electron chi connectivity index (χ4n) is 3.91. The van der Waals surface area contributed by atoms with Gasteiger partial charge in [-0.05, 0) is 25.6 Å². The summed E-state index contributed by atoms with van der Waals surface area (Å²) in [5, 5.41) is 9.08. The van der Waals surface area contributed by atoms with Gasteiger partial charge in [-0.2, -0.15) is 0 Å². The van der Waals surface area contributed by atoms with Crippen molar-refractivity contribution in [1.29, 1.82) is 0 Å². The third kappa shape index (κ3) is 6.04. The Morgan fingerprint density at radius 1 is 0.968 bits per heavy atom. The molecule has 2 fully saturated rings. The number of aliphatic carboxylic acids is 1. The second-order valence-electron chi connectivity index (χ2n) is 8.21. The normalized spacial score (nSPS) is 19.5. The van der Waals surface area contributed by atoms with Crippen LogP contribution in [0, 0.1) is 5.92 Å². The molecule has 1 aromatic carbocycles. The van der Waals surface area contributed by atoms with Gasteiger partial charge in [0.1, 0.15) is 6.54 Å². The predicted molar refractivity (Wildman–Crippen MR) is 113 cm³/mol. The quantitative estimate of drug-likeness (QED) is 0.734. The van der Waals surface area contributed by atoms with Gasteiger partial charge in [-0.25, -0.2) is 0 Å². The van der Waals surface area contributed by atoms with E-state index in [1.165, 1.54) is 4.90 Å². The number of carbonyl (C=O) groups excluding carboxylic acids is 3. The van der Waals surface area contributed by atoms with Crippen molar-refractivity contribution in [3.05, 3.63) is 35.9 Å². The van der Waals surface area contributed by atoms with Gasteiger partial charge in [0.05, 0.1) is 5.92 Å². The van der Waals surface area contributed by atoms with Crippen LogP contribution in [0.4, 0.5) is 0 Å². The first-order valence-electron chi connectivity index (χ1n) is 10.7. The Morgan fingerprint density at radius 3 is 2.35 bits per heavy atom. The zero-order chi connectivity index (χ0) is 22.4. The van der Waals surface area contributed by atoms with Gasteiger partial charge < -0.3 is 24.7 Å². The maximum Gasteiger partial charge on any atom is 0.323 e. The number of rotatable bonds is 4. The fraction of sp³-hybridized carbons (Fsp3) is 0.545. The first-order chi connectivity index (χ1) is 14.8. The van der Waals surface area contributed by atoms with Gasteiger partial charge in [0, 0.05) is 57.8 Å². The van der Waals surface area contributed by atoms with Crippen LogP contribution in [0.1, 0.15) is 23.2 Å². The number of benzene rings is 1. The number of carbonyl (C=O) groups is 4. The van der Waals surface area contributed by atoms with E-state index in [-0.39, 0.29) is 36.6 Å². The van der Waals surface area contributed by atoms with Crippen molar-refractivity contribution in [2.45, 2.75) is 12.8 Å². The van der Waals surface area contributed by atoms with Crippen LogP contribution in [0.25, 0.3) is 0 Å². The lowest BCUT2D eigenvalue weighted by Crippen LogP contribution is -2.57. The van der Waals surface area contributed by atoms with Crippen LogP contribution in [0.2, 0.25) is 0 Å². The summed E-state index contributed by atoms with van der Waals surface area (Å²) in [5.74, 6) is -1.49. The van der Waals surface area contributed by atoms with Gasteiger partial charge in [-0.15, -0.1) is 0 Å². The van der Waals surface area contributed by atoms with Crippen LogP contribution in [0.15, 0.2) is 30.3 Å². The first-order valence-corrected chi connectivity index (χ1v) is 10.7. The minimum atomic E-state index is -1.04. The van der Waals surface area contributed by atoms with E-state index >= 15 is 0 Å². The number of hydrogen-bond donors (Lipinski definition) is 1. The smallest absolute Gasteiger partial charge is 0.323 e. The highest BCUT2D eigenvalue weighted by Gasteiger charge is 2.38. The number of hydrogen-bond acceptors (Lipinski definition) is 5. The maximum atomic E-state index is 13.1. The Hall–Kier alpha value is -2.94. The van der Waals surface area contributed by atoms with Crippen molar-refractivity contribution in [2.24, 2.45) is 5.92 Å². The van der Waals surface area contributed by atoms with E-state index in [0.29, 0.717) is 57.8 Å². The predicted octanol–water partition coefficient (Wildman–Crippen LogP) is 0.226. The van der Waals surface area contributed by atoms with Gasteiger partial charge in [-0.3, -0.25) is 19.2 Å². The molecular formula is C22H30N4O5. The molecule has 3 amide bonds. The molecule has 1 aromatic rings. The van der Waals surface area contributed by atoms with Crippen molar-refractivity contribution < 1.29 is 24.3 Å². The minimum absolute atomic E-state index is 0.0147. The molecule has 0 bridgehead atoms. The molecule has 1 N–H and O–H groups in total. The van der Waals surface area contributed by atoms with Crippen molar-refractivity contribution in [3.63, 3.8) is 0 Å². The van der Waals surface area contributed by atoms with Gasteiger partial charge in [-0.1, -0.05) is 18.2 Å². The number of carboxylic acids is 1. The number of likely N-dealkylation sites (tertiary alicyclic amines) is 1. The van der Waals surface area contributed by atoms with E-state index in [0.717, 1.165) is 0 Å². The van der Waals surface area contributed by atoms with Crippen LogP contribution in [0.5, 0.6) is 0 Å². The third-order valence-electron chi connectivity index (χ3n) is 5.84. The van der Waals surface area contributed by atoms with E-state index in [1.807, 2.05) is 30.1 Å². The molecule has 2 saturated heterocycles. The molecule has 9 nitrogen and oxygen atoms in total. The topological polar surface area (TPSA) is 101 Å². The van der Waals surface area contributed by atoms with E-state index < -0.39 is 5.97 Å². The third-order valence-corrected chi connectivity index (χ3v) is 5.84. The molecule has 168 valence electrons. The van der Waals surface area contributed by atoms with Gasteiger partial charge >= 0.3 is 5.97 Å². The summed E-state index contributed by atoms with van der Waals surface area (Å²) in [7, 11) is 1.89. The first kappa shape index (κ1) is 22.7. The van der Waals surface area contributed by atoms with E-state index in [4.69, 9.17) is 5.11 Å². The molecule has 9 heteroatoms. The molecule has 0 unspecified atom stereocenters. The zero-order valence-corrected chi connectivity index (χ0v) is 17.9. The maximum absolute atomic E-state index is 13.1. The summed E-state index contributed by atoms with van der Waals surface area (Å²) in [6.07, 6.45) is 0.783. The van der Waals surface area contributed by atoms with Crippen LogP contribution in [-0.2, 0) is 14.4 Å². The summed E-state index contributed by atoms with van der Waals surface area (Å²) >= 11 is 0. The average molecular weight is 431 g/mol. The van der Waals surface area contributed by atoms with Gasteiger partial charge in [0.25, 0.3) is 5.91 Å². The molecule has 0 saturated carbocycles. The molecule has 2 heterocycles. The van der Waals surface area contributed by atoms with Crippen LogP contribution in [-0.4, -0.2) is 108 Å². The number of nitrogens with zero attached hydrogens (tertiary/aromatic N) is 4. The highest BCUT2D eigenvalue weighted by atomic mass is 16.4. The summed E-state index contributed by atoms with van der Waals surface area (Å²) in [5.41, 5.74) is 0.619. The van der Waals surface area contributed by atoms with Crippen molar-refractivity contribution in [3.8, 4) is 0 Å². The van der Waals surface area contributed by atoms with Crippen molar-refractivity contribution in [2.75, 3.05) is 59.4 Å². The molecule has 0 aliphatic carbocycles. The van der Waals surface area contributed by atoms with Crippen LogP contribution >= 0.6 is 0 Å². The molecule has 2 aliphatic rings. The minimum Gasteiger partial charge on any atom is -0.480 e. The van der Waals surface area contributed by atoms with Gasteiger partial charge in [0.15, 0.2) is 0 Å². The summed E-state index contributed by atoms with van der Waals surface area (Å²) in [4.78, 5) is 55.8. The Labute approximate surface area is 182 Å². The number of carboxylic acid groups (broad SMARTS) is 1. The molecule has 31 heavy (non-hydrogen) atoms. The van der Waals surface area contributed by atoms with Crippen molar-refractivity contribution >= 4 is 23.7 Å². The van der Waals surface area contributed by atoms with E-state index in [1.54, 1.807) is 21.9 Å². The summed E-state index contributed by atoms with van der Waals surface area (Å²) < 4.78 is 0. The highest BCUT2D eigenvalue weighted by molar-refractivity contribution is 5.96. The monoisotopic (exact) mass is 430 g/mol. The lowest BCUT2D eigenvalue weighted by atomic mass is 9.97. The fourth-order valence-corrected chi connectivity index (χ4v) is 3.91. The highest BCUT2D eigenvalue weighted by Crippen LogP contribution is 2.21. The second-order valence-corrected chi connectivity index (χ2v) is 8.21. The second kappa shape index (κ2) is 10.4. The molecular weight excluding hydrogens is 400 g/mol. The average Bonchev–Trinajstić information content (AvgIpc) is 2.74. The van der Waals surface area contributed by atoms with E-state index in [9.17, 15) is 19.2 Å². The number of amides is 3. The largest absolute Gasteiger partial charge is 0.480 e. The summed E-state index contributed by atoms with van der Waals surface area (Å²) in [6, 6.07) is 9.03. The molecule has 2 aliphatic heterocycles. The summed E-state index contributed by atoms with van der Waals surface area (Å²) in [6.45, 7) is 2.95.